The average Bonchev–Trinajstić information content (AvgIpc) is 3.11. The van der Waals surface area contributed by atoms with Crippen LogP contribution in [0.3, 0.4) is 0 Å². The van der Waals surface area contributed by atoms with Crippen molar-refractivity contribution in [2.75, 3.05) is 18.1 Å². The number of thioether (sulfide) groups is 2. The summed E-state index contributed by atoms with van der Waals surface area (Å²) in [5.41, 5.74) is 1.14. The van der Waals surface area contributed by atoms with Gasteiger partial charge >= 0.3 is 0 Å². The van der Waals surface area contributed by atoms with Gasteiger partial charge in [-0.05, 0) is 43.6 Å². The molecule has 2 heterocycles. The third kappa shape index (κ3) is 2.86. The Labute approximate surface area is 164 Å². The van der Waals surface area contributed by atoms with E-state index in [4.69, 9.17) is 4.74 Å². The van der Waals surface area contributed by atoms with Crippen molar-refractivity contribution in [2.45, 2.75) is 48.6 Å². The Kier molecular flexibility index (Phi) is 4.64. The summed E-state index contributed by atoms with van der Waals surface area (Å²) in [4.78, 5) is 13.1. The molecule has 3 fully saturated rings. The van der Waals surface area contributed by atoms with Crippen LogP contribution in [0, 0.1) is 17.8 Å². The molecule has 2 bridgehead atoms. The molecule has 2 saturated carbocycles. The van der Waals surface area contributed by atoms with E-state index in [0.29, 0.717) is 10.7 Å². The van der Waals surface area contributed by atoms with Gasteiger partial charge in [0, 0.05) is 29.4 Å². The van der Waals surface area contributed by atoms with Crippen molar-refractivity contribution in [2.24, 2.45) is 17.8 Å². The van der Waals surface area contributed by atoms with Crippen molar-refractivity contribution in [3.8, 4) is 5.75 Å². The Bertz CT molecular complexity index is 672. The zero-order valence-corrected chi connectivity index (χ0v) is 16.7. The lowest BCUT2D eigenvalue weighted by Gasteiger charge is -2.52. The lowest BCUT2D eigenvalue weighted by Crippen LogP contribution is -2.50. The topological polar surface area (TPSA) is 38.3 Å². The number of fused-ring (bicyclic) bond motifs is 1. The quantitative estimate of drug-likeness (QED) is 0.800. The Morgan fingerprint density at radius 1 is 1.08 bits per heavy atom. The van der Waals surface area contributed by atoms with Gasteiger partial charge in [0.2, 0.25) is 5.91 Å². The maximum absolute atomic E-state index is 13.1. The van der Waals surface area contributed by atoms with Gasteiger partial charge in [0.1, 0.15) is 5.75 Å². The predicted molar refractivity (Wildman–Crippen MR) is 109 cm³/mol. The molecule has 1 aromatic carbocycles. The highest BCUT2D eigenvalue weighted by molar-refractivity contribution is 8.21. The number of para-hydroxylation sites is 1. The van der Waals surface area contributed by atoms with Gasteiger partial charge in [-0.25, -0.2) is 0 Å². The number of ether oxygens (including phenoxy) is 1. The van der Waals surface area contributed by atoms with E-state index in [1.807, 2.05) is 18.2 Å². The van der Waals surface area contributed by atoms with E-state index in [1.165, 1.54) is 30.8 Å². The number of benzene rings is 1. The van der Waals surface area contributed by atoms with Crippen LogP contribution >= 0.6 is 23.5 Å². The molecule has 0 aromatic heterocycles. The molecule has 26 heavy (non-hydrogen) atoms. The molecule has 3 atom stereocenters. The molecule has 4 aliphatic rings. The molecular weight excluding hydrogens is 362 g/mol. The fourth-order valence-corrected chi connectivity index (χ4v) is 9.54. The summed E-state index contributed by atoms with van der Waals surface area (Å²) in [5, 5.41) is 3.38. The zero-order chi connectivity index (χ0) is 17.6. The number of rotatable bonds is 2. The van der Waals surface area contributed by atoms with Gasteiger partial charge in [0.05, 0.1) is 16.7 Å². The minimum absolute atomic E-state index is 0.110. The van der Waals surface area contributed by atoms with Crippen molar-refractivity contribution >= 4 is 29.4 Å². The molecule has 2 aliphatic heterocycles. The van der Waals surface area contributed by atoms with Gasteiger partial charge in [0.15, 0.2) is 0 Å². The molecule has 5 heteroatoms. The minimum atomic E-state index is 0.110. The third-order valence-electron chi connectivity index (χ3n) is 6.77. The van der Waals surface area contributed by atoms with Crippen molar-refractivity contribution in [1.29, 1.82) is 0 Å². The van der Waals surface area contributed by atoms with Crippen LogP contribution in [0.25, 0.3) is 0 Å². The van der Waals surface area contributed by atoms with Crippen LogP contribution in [0.15, 0.2) is 24.3 Å². The minimum Gasteiger partial charge on any atom is -0.493 e. The van der Waals surface area contributed by atoms with E-state index in [2.05, 4.69) is 34.9 Å². The summed E-state index contributed by atoms with van der Waals surface area (Å²) < 4.78 is 6.19. The first-order valence-electron chi connectivity index (χ1n) is 10.1. The summed E-state index contributed by atoms with van der Waals surface area (Å²) >= 11 is 4.43. The Balaban J connectivity index is 1.30. The van der Waals surface area contributed by atoms with Gasteiger partial charge in [-0.1, -0.05) is 24.6 Å². The molecule has 5 rings (SSSR count). The summed E-state index contributed by atoms with van der Waals surface area (Å²) in [5.74, 6) is 5.47. The molecule has 1 N–H and O–H groups in total. The van der Waals surface area contributed by atoms with Gasteiger partial charge < -0.3 is 10.1 Å². The monoisotopic (exact) mass is 389 g/mol. The van der Waals surface area contributed by atoms with Crippen molar-refractivity contribution in [1.82, 2.24) is 5.32 Å². The highest BCUT2D eigenvalue weighted by Crippen LogP contribution is 2.64. The molecule has 0 radical (unpaired) electrons. The van der Waals surface area contributed by atoms with Crippen LogP contribution in [0.1, 0.15) is 50.1 Å². The molecule has 1 aromatic rings. The Morgan fingerprint density at radius 3 is 2.58 bits per heavy atom. The fraction of sp³-hybridized carbons (Fsp3) is 0.667. The molecule has 3 nitrogen and oxygen atoms in total. The van der Waals surface area contributed by atoms with Crippen LogP contribution in [-0.4, -0.2) is 28.1 Å². The third-order valence-corrected chi connectivity index (χ3v) is 10.8. The van der Waals surface area contributed by atoms with E-state index >= 15 is 0 Å². The number of carbonyl (C=O) groups is 1. The van der Waals surface area contributed by atoms with Gasteiger partial charge in [-0.3, -0.25) is 4.79 Å². The van der Waals surface area contributed by atoms with Crippen LogP contribution in [0.4, 0.5) is 0 Å². The van der Waals surface area contributed by atoms with Gasteiger partial charge in [-0.2, -0.15) is 0 Å². The summed E-state index contributed by atoms with van der Waals surface area (Å²) in [6, 6.07) is 8.25. The van der Waals surface area contributed by atoms with E-state index in [-0.39, 0.29) is 17.9 Å². The zero-order valence-electron chi connectivity index (χ0n) is 15.1. The van der Waals surface area contributed by atoms with Crippen LogP contribution in [0.2, 0.25) is 0 Å². The van der Waals surface area contributed by atoms with Crippen LogP contribution in [0.5, 0.6) is 5.75 Å². The number of nitrogens with one attached hydrogen (secondary N) is 1. The lowest BCUT2D eigenvalue weighted by molar-refractivity contribution is -0.128. The molecule has 1 saturated heterocycles. The highest BCUT2D eigenvalue weighted by Gasteiger charge is 2.55. The van der Waals surface area contributed by atoms with Crippen LogP contribution < -0.4 is 10.1 Å². The van der Waals surface area contributed by atoms with Gasteiger partial charge in [0.25, 0.3) is 0 Å². The number of carbonyl (C=O) groups excluding carboxylic acids is 1. The normalized spacial score (nSPS) is 34.8. The SMILES string of the molecule is O=C(NC1CCOc2ccccc21)C1CC2CCCC(C1)C21SCCS1. The first-order chi connectivity index (χ1) is 12.8. The van der Waals surface area contributed by atoms with Gasteiger partial charge in [-0.15, -0.1) is 23.5 Å². The predicted octanol–water partition coefficient (Wildman–Crippen LogP) is 4.63. The summed E-state index contributed by atoms with van der Waals surface area (Å²) in [6.07, 6.45) is 7.05. The molecule has 140 valence electrons. The maximum atomic E-state index is 13.1. The second-order valence-corrected chi connectivity index (χ2v) is 11.2. The second kappa shape index (κ2) is 6.97. The Morgan fingerprint density at radius 2 is 1.81 bits per heavy atom. The average molecular weight is 390 g/mol. The van der Waals surface area contributed by atoms with E-state index in [1.54, 1.807) is 0 Å². The molecule has 1 amide bonds. The maximum Gasteiger partial charge on any atom is 0.223 e. The number of amides is 1. The number of hydrogen-bond acceptors (Lipinski definition) is 4. The van der Waals surface area contributed by atoms with E-state index in [0.717, 1.165) is 42.4 Å². The first kappa shape index (κ1) is 17.3. The van der Waals surface area contributed by atoms with Crippen molar-refractivity contribution < 1.29 is 9.53 Å². The fourth-order valence-electron chi connectivity index (χ4n) is 5.60. The smallest absolute Gasteiger partial charge is 0.223 e. The first-order valence-corrected chi connectivity index (χ1v) is 12.0. The number of hydrogen-bond donors (Lipinski definition) is 1. The Hall–Kier alpha value is -0.810. The highest BCUT2D eigenvalue weighted by atomic mass is 32.2. The summed E-state index contributed by atoms with van der Waals surface area (Å²) in [7, 11) is 0. The molecule has 1 spiro atoms. The van der Waals surface area contributed by atoms with Crippen molar-refractivity contribution in [3.05, 3.63) is 29.8 Å². The van der Waals surface area contributed by atoms with Crippen LogP contribution in [-0.2, 0) is 4.79 Å². The summed E-state index contributed by atoms with van der Waals surface area (Å²) in [6.45, 7) is 0.689. The standard InChI is InChI=1S/C21H27NO2S2/c23-20(22-18-8-9-24-19-7-2-1-6-17(18)19)14-12-15-4-3-5-16(13-14)21(15)25-10-11-26-21/h1-2,6-7,14-16,18H,3-5,8-13H2,(H,22,23). The molecule has 3 unspecified atom stereocenters. The van der Waals surface area contributed by atoms with E-state index in [9.17, 15) is 4.79 Å². The molecular formula is C21H27NO2S2. The van der Waals surface area contributed by atoms with Crippen molar-refractivity contribution in [3.63, 3.8) is 0 Å². The lowest BCUT2D eigenvalue weighted by atomic mass is 9.67. The second-order valence-electron chi connectivity index (χ2n) is 8.15. The molecule has 2 aliphatic carbocycles. The van der Waals surface area contributed by atoms with E-state index < -0.39 is 0 Å². The largest absolute Gasteiger partial charge is 0.493 e.